The molecular weight excluding hydrogens is 348 g/mol. The van der Waals surface area contributed by atoms with Crippen molar-refractivity contribution in [2.75, 3.05) is 6.61 Å². The van der Waals surface area contributed by atoms with E-state index >= 15 is 0 Å². The molecule has 6 heteroatoms. The van der Waals surface area contributed by atoms with Crippen molar-refractivity contribution in [3.63, 3.8) is 0 Å². The molecule has 0 spiro atoms. The van der Waals surface area contributed by atoms with Gasteiger partial charge in [0.2, 0.25) is 0 Å². The van der Waals surface area contributed by atoms with Crippen LogP contribution in [-0.4, -0.2) is 46.6 Å². The molecule has 3 aliphatic rings. The molecule has 0 amide bonds. The van der Waals surface area contributed by atoms with E-state index in [0.29, 0.717) is 12.8 Å². The number of hydrogen-bond donors (Lipinski definition) is 2. The minimum atomic E-state index is -1.57. The van der Waals surface area contributed by atoms with Crippen LogP contribution in [-0.2, 0) is 19.1 Å². The summed E-state index contributed by atoms with van der Waals surface area (Å²) in [4.78, 5) is 24.7. The van der Waals surface area contributed by atoms with E-state index in [1.807, 2.05) is 0 Å². The van der Waals surface area contributed by atoms with Gasteiger partial charge in [0.05, 0.1) is 11.7 Å². The largest absolute Gasteiger partial charge is 0.459 e. The first-order chi connectivity index (χ1) is 12.6. The molecule has 5 atom stereocenters. The minimum absolute atomic E-state index is 0.115. The number of carbonyl (C=O) groups is 2. The van der Waals surface area contributed by atoms with Crippen LogP contribution >= 0.6 is 0 Å². The summed E-state index contributed by atoms with van der Waals surface area (Å²) in [5.41, 5.74) is -2.79. The standard InChI is InChI=1S/C21H32O6/c1-5-6-7-8-16(23)27-14-11-13-18(24)26-12-21(13,25)20(4)15(22)9-10-19(2,3)17(14)20/h11,14-15,17,22,25H,5-10,12H2,1-4H3/t14-,15-,17+,20-,21-/m1/s1. The van der Waals surface area contributed by atoms with Crippen molar-refractivity contribution < 1.29 is 29.3 Å². The lowest BCUT2D eigenvalue weighted by Gasteiger charge is -2.61. The molecule has 6 nitrogen and oxygen atoms in total. The van der Waals surface area contributed by atoms with Crippen LogP contribution < -0.4 is 0 Å². The monoisotopic (exact) mass is 380 g/mol. The normalized spacial score (nSPS) is 39.9. The van der Waals surface area contributed by atoms with Crippen LogP contribution in [0.3, 0.4) is 0 Å². The van der Waals surface area contributed by atoms with Gasteiger partial charge in [-0.1, -0.05) is 40.5 Å². The zero-order chi connectivity index (χ0) is 20.0. The van der Waals surface area contributed by atoms with Gasteiger partial charge in [-0.2, -0.15) is 0 Å². The zero-order valence-corrected chi connectivity index (χ0v) is 16.8. The fourth-order valence-electron chi connectivity index (χ4n) is 5.54. The van der Waals surface area contributed by atoms with Crippen molar-refractivity contribution in [3.8, 4) is 0 Å². The molecule has 0 bridgehead atoms. The molecule has 1 saturated carbocycles. The van der Waals surface area contributed by atoms with Crippen LogP contribution in [0.4, 0.5) is 0 Å². The summed E-state index contributed by atoms with van der Waals surface area (Å²) in [5, 5.41) is 22.4. The van der Waals surface area contributed by atoms with Gasteiger partial charge in [-0.25, -0.2) is 4.79 Å². The van der Waals surface area contributed by atoms with E-state index in [1.165, 1.54) is 0 Å². The molecule has 152 valence electrons. The number of ether oxygens (including phenoxy) is 2. The first-order valence-corrected chi connectivity index (χ1v) is 10.1. The molecule has 3 rings (SSSR count). The van der Waals surface area contributed by atoms with Crippen molar-refractivity contribution >= 4 is 11.9 Å². The molecule has 0 unspecified atom stereocenters. The third kappa shape index (κ3) is 3.01. The Labute approximate surface area is 160 Å². The van der Waals surface area contributed by atoms with Crippen LogP contribution in [0, 0.1) is 16.7 Å². The predicted octanol–water partition coefficient (Wildman–Crippen LogP) is 2.51. The first-order valence-electron chi connectivity index (χ1n) is 10.1. The van der Waals surface area contributed by atoms with Gasteiger partial charge >= 0.3 is 11.9 Å². The average molecular weight is 380 g/mol. The Morgan fingerprint density at radius 2 is 2.04 bits per heavy atom. The maximum absolute atomic E-state index is 12.4. The second kappa shape index (κ2) is 6.89. The highest BCUT2D eigenvalue weighted by atomic mass is 16.6. The third-order valence-corrected chi connectivity index (χ3v) is 7.12. The minimum Gasteiger partial charge on any atom is -0.459 e. The quantitative estimate of drug-likeness (QED) is 0.562. The van der Waals surface area contributed by atoms with Crippen LogP contribution in [0.15, 0.2) is 11.6 Å². The lowest BCUT2D eigenvalue weighted by Crippen LogP contribution is -2.68. The molecule has 1 saturated heterocycles. The van der Waals surface area contributed by atoms with Gasteiger partial charge in [-0.3, -0.25) is 4.79 Å². The van der Waals surface area contributed by atoms with Gasteiger partial charge in [0, 0.05) is 17.8 Å². The number of carbonyl (C=O) groups excluding carboxylic acids is 2. The maximum atomic E-state index is 12.4. The van der Waals surface area contributed by atoms with Crippen molar-refractivity contribution in [2.45, 2.75) is 84.0 Å². The van der Waals surface area contributed by atoms with E-state index in [1.54, 1.807) is 13.0 Å². The Balaban J connectivity index is 2.00. The molecule has 2 N–H and O–H groups in total. The summed E-state index contributed by atoms with van der Waals surface area (Å²) >= 11 is 0. The summed E-state index contributed by atoms with van der Waals surface area (Å²) in [6.07, 6.45) is 4.40. The van der Waals surface area contributed by atoms with Gasteiger partial charge in [-0.15, -0.1) is 0 Å². The number of hydrogen-bond acceptors (Lipinski definition) is 6. The van der Waals surface area contributed by atoms with Gasteiger partial charge < -0.3 is 19.7 Å². The Bertz CT molecular complexity index is 653. The highest BCUT2D eigenvalue weighted by molar-refractivity contribution is 5.94. The Morgan fingerprint density at radius 3 is 2.70 bits per heavy atom. The third-order valence-electron chi connectivity index (χ3n) is 7.12. The molecule has 0 aromatic heterocycles. The van der Waals surface area contributed by atoms with Crippen molar-refractivity contribution in [1.29, 1.82) is 0 Å². The molecule has 2 fully saturated rings. The summed E-state index contributed by atoms with van der Waals surface area (Å²) in [5.74, 6) is -1.23. The first kappa shape index (κ1) is 20.3. The van der Waals surface area contributed by atoms with Crippen molar-refractivity contribution in [2.24, 2.45) is 16.7 Å². The van der Waals surface area contributed by atoms with Gasteiger partial charge in [0.25, 0.3) is 0 Å². The molecular formula is C21H32O6. The number of aliphatic hydroxyl groups is 2. The number of aliphatic hydroxyl groups excluding tert-OH is 1. The maximum Gasteiger partial charge on any atom is 0.337 e. The molecule has 0 radical (unpaired) electrons. The average Bonchev–Trinajstić information content (AvgIpc) is 2.88. The van der Waals surface area contributed by atoms with Gasteiger partial charge in [-0.05, 0) is 30.8 Å². The summed E-state index contributed by atoms with van der Waals surface area (Å²) in [7, 11) is 0. The molecule has 27 heavy (non-hydrogen) atoms. The number of fused-ring (bicyclic) bond motifs is 3. The van der Waals surface area contributed by atoms with Gasteiger partial charge in [0.15, 0.2) is 0 Å². The SMILES string of the molecule is CCCCCC(=O)O[C@@H]1C=C2C(=O)OC[C@]2(O)[C@]2(C)[C@H](O)CCC(C)(C)[C@H]12. The van der Waals surface area contributed by atoms with E-state index in [-0.39, 0.29) is 29.5 Å². The molecule has 2 aliphatic carbocycles. The van der Waals surface area contributed by atoms with E-state index < -0.39 is 29.2 Å². The molecule has 1 heterocycles. The number of esters is 2. The van der Waals surface area contributed by atoms with Crippen LogP contribution in [0.2, 0.25) is 0 Å². The molecule has 1 aliphatic heterocycles. The van der Waals surface area contributed by atoms with E-state index in [2.05, 4.69) is 20.8 Å². The topological polar surface area (TPSA) is 93.1 Å². The predicted molar refractivity (Wildman–Crippen MR) is 98.6 cm³/mol. The zero-order valence-electron chi connectivity index (χ0n) is 16.8. The summed E-state index contributed by atoms with van der Waals surface area (Å²) in [6.45, 7) is 7.84. The lowest BCUT2D eigenvalue weighted by atomic mass is 9.45. The second-order valence-corrected chi connectivity index (χ2v) is 9.23. The van der Waals surface area contributed by atoms with Crippen LogP contribution in [0.5, 0.6) is 0 Å². The number of unbranched alkanes of at least 4 members (excludes halogenated alkanes) is 2. The van der Waals surface area contributed by atoms with Crippen molar-refractivity contribution in [3.05, 3.63) is 11.6 Å². The summed E-state index contributed by atoms with van der Waals surface area (Å²) in [6, 6.07) is 0. The van der Waals surface area contributed by atoms with Gasteiger partial charge in [0.1, 0.15) is 18.3 Å². The van der Waals surface area contributed by atoms with Crippen LogP contribution in [0.1, 0.15) is 66.2 Å². The fourth-order valence-corrected chi connectivity index (χ4v) is 5.54. The number of cyclic esters (lactones) is 1. The lowest BCUT2D eigenvalue weighted by molar-refractivity contribution is -0.226. The van der Waals surface area contributed by atoms with E-state index in [0.717, 1.165) is 25.7 Å². The van der Waals surface area contributed by atoms with Crippen molar-refractivity contribution in [1.82, 2.24) is 0 Å². The fraction of sp³-hybridized carbons (Fsp3) is 0.810. The Hall–Kier alpha value is -1.40. The smallest absolute Gasteiger partial charge is 0.337 e. The van der Waals surface area contributed by atoms with E-state index in [9.17, 15) is 19.8 Å². The highest BCUT2D eigenvalue weighted by Crippen LogP contribution is 2.62. The Morgan fingerprint density at radius 1 is 1.33 bits per heavy atom. The Kier molecular flexibility index (Phi) is 5.19. The second-order valence-electron chi connectivity index (χ2n) is 9.23. The molecule has 0 aromatic carbocycles. The molecule has 0 aromatic rings. The summed E-state index contributed by atoms with van der Waals surface area (Å²) < 4.78 is 11.0. The number of rotatable bonds is 5. The van der Waals surface area contributed by atoms with E-state index in [4.69, 9.17) is 9.47 Å². The van der Waals surface area contributed by atoms with Crippen LogP contribution in [0.25, 0.3) is 0 Å². The highest BCUT2D eigenvalue weighted by Gasteiger charge is 2.70.